The molecule has 0 aromatic carbocycles. The van der Waals surface area contributed by atoms with E-state index in [0.29, 0.717) is 5.82 Å². The molecule has 0 spiro atoms. The first-order valence-electron chi connectivity index (χ1n) is 5.15. The largest absolute Gasteiger partial charge is 0.372 e. The Morgan fingerprint density at radius 2 is 2.24 bits per heavy atom. The Morgan fingerprint density at radius 1 is 1.53 bits per heavy atom. The predicted molar refractivity (Wildman–Crippen MR) is 71.9 cm³/mol. The van der Waals surface area contributed by atoms with Crippen molar-refractivity contribution >= 4 is 27.6 Å². The van der Waals surface area contributed by atoms with Crippen LogP contribution in [0.5, 0.6) is 0 Å². The molecule has 1 rings (SSSR count). The number of hydrogen-bond acceptors (Lipinski definition) is 5. The standard InChI is InChI=1S/C10H17N3O2S2/c1-8(7-16-3)13-17(14,15)9-5-4-6-12-10(9)11-2/h4-6,8,13H,7H2,1-3H3,(H,11,12). The molecule has 0 radical (unpaired) electrons. The molecule has 17 heavy (non-hydrogen) atoms. The van der Waals surface area contributed by atoms with Gasteiger partial charge < -0.3 is 5.32 Å². The van der Waals surface area contributed by atoms with Gasteiger partial charge in [-0.25, -0.2) is 18.1 Å². The molecule has 96 valence electrons. The molecule has 1 heterocycles. The number of sulfonamides is 1. The third kappa shape index (κ3) is 3.86. The Labute approximate surface area is 106 Å². The first-order chi connectivity index (χ1) is 8.01. The van der Waals surface area contributed by atoms with Crippen molar-refractivity contribution < 1.29 is 8.42 Å². The van der Waals surface area contributed by atoms with Crippen LogP contribution in [0, 0.1) is 0 Å². The number of rotatable bonds is 6. The molecule has 0 bridgehead atoms. The number of nitrogens with one attached hydrogen (secondary N) is 2. The van der Waals surface area contributed by atoms with E-state index in [1.54, 1.807) is 31.1 Å². The maximum Gasteiger partial charge on any atom is 0.244 e. The Hall–Kier alpha value is -0.790. The van der Waals surface area contributed by atoms with E-state index in [0.717, 1.165) is 5.75 Å². The van der Waals surface area contributed by atoms with Crippen LogP contribution >= 0.6 is 11.8 Å². The van der Waals surface area contributed by atoms with Crippen LogP contribution in [0.15, 0.2) is 23.2 Å². The van der Waals surface area contributed by atoms with Crippen molar-refractivity contribution in [1.29, 1.82) is 0 Å². The zero-order valence-corrected chi connectivity index (χ0v) is 11.7. The van der Waals surface area contributed by atoms with Crippen LogP contribution in [0.25, 0.3) is 0 Å². The molecule has 0 saturated carbocycles. The normalized spacial score (nSPS) is 13.4. The smallest absolute Gasteiger partial charge is 0.244 e. The summed E-state index contributed by atoms with van der Waals surface area (Å²) >= 11 is 1.60. The summed E-state index contributed by atoms with van der Waals surface area (Å²) < 4.78 is 26.8. The van der Waals surface area contributed by atoms with Crippen molar-refractivity contribution in [3.8, 4) is 0 Å². The van der Waals surface area contributed by atoms with Crippen LogP contribution in [-0.2, 0) is 10.0 Å². The second kappa shape index (κ2) is 6.23. The number of pyridine rings is 1. The molecule has 5 nitrogen and oxygen atoms in total. The third-order valence-electron chi connectivity index (χ3n) is 2.07. The molecule has 1 atom stereocenters. The number of nitrogens with zero attached hydrogens (tertiary/aromatic N) is 1. The molecule has 0 saturated heterocycles. The van der Waals surface area contributed by atoms with Gasteiger partial charge >= 0.3 is 0 Å². The van der Waals surface area contributed by atoms with Gasteiger partial charge in [-0.1, -0.05) is 0 Å². The minimum atomic E-state index is -3.51. The van der Waals surface area contributed by atoms with Crippen molar-refractivity contribution in [2.24, 2.45) is 0 Å². The van der Waals surface area contributed by atoms with Gasteiger partial charge in [0.2, 0.25) is 10.0 Å². The van der Waals surface area contributed by atoms with E-state index in [1.807, 2.05) is 13.2 Å². The lowest BCUT2D eigenvalue weighted by molar-refractivity contribution is 0.571. The summed E-state index contributed by atoms with van der Waals surface area (Å²) in [5, 5.41) is 2.77. The average molecular weight is 275 g/mol. The van der Waals surface area contributed by atoms with E-state index in [1.165, 1.54) is 6.07 Å². The Morgan fingerprint density at radius 3 is 2.82 bits per heavy atom. The van der Waals surface area contributed by atoms with E-state index in [-0.39, 0.29) is 10.9 Å². The first kappa shape index (κ1) is 14.3. The molecule has 0 aliphatic carbocycles. The summed E-state index contributed by atoms with van der Waals surface area (Å²) in [5.74, 6) is 1.09. The van der Waals surface area contributed by atoms with E-state index in [4.69, 9.17) is 0 Å². The SMILES string of the molecule is CNc1ncccc1S(=O)(=O)NC(C)CSC. The highest BCUT2D eigenvalue weighted by molar-refractivity contribution is 7.98. The van der Waals surface area contributed by atoms with E-state index < -0.39 is 10.0 Å². The Kier molecular flexibility index (Phi) is 5.23. The van der Waals surface area contributed by atoms with Crippen LogP contribution in [0.4, 0.5) is 5.82 Å². The van der Waals surface area contributed by atoms with Crippen LogP contribution in [0.2, 0.25) is 0 Å². The van der Waals surface area contributed by atoms with Crippen molar-refractivity contribution in [2.45, 2.75) is 17.9 Å². The number of hydrogen-bond donors (Lipinski definition) is 2. The van der Waals surface area contributed by atoms with Crippen LogP contribution in [-0.4, -0.2) is 38.5 Å². The molecule has 0 amide bonds. The quantitative estimate of drug-likeness (QED) is 0.815. The first-order valence-corrected chi connectivity index (χ1v) is 8.03. The molecule has 0 aliphatic heterocycles. The van der Waals surface area contributed by atoms with Gasteiger partial charge in [-0.15, -0.1) is 0 Å². The van der Waals surface area contributed by atoms with Gasteiger partial charge in [0.15, 0.2) is 0 Å². The van der Waals surface area contributed by atoms with Crippen LogP contribution < -0.4 is 10.0 Å². The van der Waals surface area contributed by atoms with E-state index in [2.05, 4.69) is 15.0 Å². The van der Waals surface area contributed by atoms with Gasteiger partial charge in [0, 0.05) is 25.0 Å². The molecule has 1 aromatic heterocycles. The van der Waals surface area contributed by atoms with Gasteiger partial charge in [0.05, 0.1) is 0 Å². The molecule has 7 heteroatoms. The summed E-state index contributed by atoms with van der Waals surface area (Å²) in [6.07, 6.45) is 3.49. The Bertz CT molecular complexity index is 462. The van der Waals surface area contributed by atoms with Crippen LogP contribution in [0.1, 0.15) is 6.92 Å². The number of anilines is 1. The summed E-state index contributed by atoms with van der Waals surface area (Å²) in [4.78, 5) is 4.16. The summed E-state index contributed by atoms with van der Waals surface area (Å²) in [7, 11) is -1.87. The molecule has 0 aliphatic rings. The fourth-order valence-electron chi connectivity index (χ4n) is 1.41. The molecule has 1 aromatic rings. The van der Waals surface area contributed by atoms with Crippen molar-refractivity contribution in [2.75, 3.05) is 24.4 Å². The molecular weight excluding hydrogens is 258 g/mol. The number of aromatic nitrogens is 1. The van der Waals surface area contributed by atoms with Crippen LogP contribution in [0.3, 0.4) is 0 Å². The summed E-state index contributed by atoms with van der Waals surface area (Å²) in [5.41, 5.74) is 0. The Balaban J connectivity index is 2.97. The van der Waals surface area contributed by atoms with E-state index >= 15 is 0 Å². The highest BCUT2D eigenvalue weighted by Crippen LogP contribution is 2.17. The second-order valence-corrected chi connectivity index (χ2v) is 6.17. The molecule has 1 unspecified atom stereocenters. The number of thioether (sulfide) groups is 1. The summed E-state index contributed by atoms with van der Waals surface area (Å²) in [6, 6.07) is 3.03. The van der Waals surface area contributed by atoms with Gasteiger partial charge in [-0.05, 0) is 25.3 Å². The topological polar surface area (TPSA) is 71.1 Å². The lowest BCUT2D eigenvalue weighted by Crippen LogP contribution is -2.34. The molecular formula is C10H17N3O2S2. The second-order valence-electron chi connectivity index (χ2n) is 3.58. The monoisotopic (exact) mass is 275 g/mol. The van der Waals surface area contributed by atoms with Gasteiger partial charge in [-0.3, -0.25) is 0 Å². The van der Waals surface area contributed by atoms with E-state index in [9.17, 15) is 8.42 Å². The highest BCUT2D eigenvalue weighted by Gasteiger charge is 2.20. The fraction of sp³-hybridized carbons (Fsp3) is 0.500. The lowest BCUT2D eigenvalue weighted by Gasteiger charge is -2.14. The lowest BCUT2D eigenvalue weighted by atomic mass is 10.4. The van der Waals surface area contributed by atoms with Gasteiger partial charge in [0.25, 0.3) is 0 Å². The van der Waals surface area contributed by atoms with Crippen molar-refractivity contribution in [1.82, 2.24) is 9.71 Å². The zero-order valence-electron chi connectivity index (χ0n) is 10.1. The minimum absolute atomic E-state index is 0.111. The minimum Gasteiger partial charge on any atom is -0.372 e. The maximum absolute atomic E-state index is 12.1. The highest BCUT2D eigenvalue weighted by atomic mass is 32.2. The van der Waals surface area contributed by atoms with Crippen molar-refractivity contribution in [3.05, 3.63) is 18.3 Å². The molecule has 2 N–H and O–H groups in total. The summed E-state index contributed by atoms with van der Waals surface area (Å²) in [6.45, 7) is 1.84. The third-order valence-corrected chi connectivity index (χ3v) is 4.52. The molecule has 0 fully saturated rings. The average Bonchev–Trinajstić information content (AvgIpc) is 2.28. The van der Waals surface area contributed by atoms with Crippen molar-refractivity contribution in [3.63, 3.8) is 0 Å². The fourth-order valence-corrected chi connectivity index (χ4v) is 3.50. The predicted octanol–water partition coefficient (Wildman–Crippen LogP) is 1.15. The maximum atomic E-state index is 12.1. The van der Waals surface area contributed by atoms with Gasteiger partial charge in [-0.2, -0.15) is 11.8 Å². The zero-order chi connectivity index (χ0) is 12.9. The van der Waals surface area contributed by atoms with Gasteiger partial charge in [0.1, 0.15) is 10.7 Å².